The van der Waals surface area contributed by atoms with Gasteiger partial charge in [-0.3, -0.25) is 14.5 Å². The minimum absolute atomic E-state index is 0.0175. The molecule has 0 saturated carbocycles. The van der Waals surface area contributed by atoms with Crippen LogP contribution in [0.2, 0.25) is 5.02 Å². The zero-order valence-corrected chi connectivity index (χ0v) is 16.2. The summed E-state index contributed by atoms with van der Waals surface area (Å²) in [5, 5.41) is 4.46. The zero-order valence-electron chi connectivity index (χ0n) is 15.4. The van der Waals surface area contributed by atoms with Crippen LogP contribution in [-0.2, 0) is 10.3 Å². The van der Waals surface area contributed by atoms with Crippen LogP contribution >= 0.6 is 11.6 Å². The molecule has 1 atom stereocenters. The summed E-state index contributed by atoms with van der Waals surface area (Å²) in [5.74, 6) is -1.54. The molecule has 3 aromatic carbocycles. The van der Waals surface area contributed by atoms with Gasteiger partial charge in [0.2, 0.25) is 0 Å². The highest BCUT2D eigenvalue weighted by molar-refractivity contribution is 6.32. The van der Waals surface area contributed by atoms with Gasteiger partial charge in [-0.1, -0.05) is 54.1 Å². The molecule has 0 radical (unpaired) electrons. The molecule has 1 aliphatic heterocycles. The summed E-state index contributed by atoms with van der Waals surface area (Å²) < 4.78 is 13.4. The van der Waals surface area contributed by atoms with Crippen LogP contribution in [0.25, 0.3) is 10.8 Å². The fourth-order valence-electron chi connectivity index (χ4n) is 3.52. The molecule has 0 aromatic heterocycles. The van der Waals surface area contributed by atoms with E-state index in [4.69, 9.17) is 11.6 Å². The number of hydrogen-bond acceptors (Lipinski definition) is 3. The van der Waals surface area contributed by atoms with E-state index < -0.39 is 29.8 Å². The maximum atomic E-state index is 13.4. The fourth-order valence-corrected chi connectivity index (χ4v) is 3.87. The largest absolute Gasteiger partial charge is 0.325 e. The van der Waals surface area contributed by atoms with E-state index in [1.54, 1.807) is 12.1 Å². The van der Waals surface area contributed by atoms with Gasteiger partial charge in [-0.05, 0) is 35.9 Å². The van der Waals surface area contributed by atoms with E-state index in [9.17, 15) is 18.8 Å². The molecule has 5 nitrogen and oxygen atoms in total. The third-order valence-electron chi connectivity index (χ3n) is 5.12. The maximum absolute atomic E-state index is 13.4. The quantitative estimate of drug-likeness (QED) is 0.515. The van der Waals surface area contributed by atoms with Gasteiger partial charge in [0, 0.05) is 16.1 Å². The van der Waals surface area contributed by atoms with Gasteiger partial charge in [0.1, 0.15) is 11.4 Å². The number of amides is 3. The molecular formula is C22H16ClFN2O3. The smallest absolute Gasteiger partial charge is 0.319 e. The van der Waals surface area contributed by atoms with E-state index in [-0.39, 0.29) is 16.4 Å². The minimum Gasteiger partial charge on any atom is -0.319 e. The molecule has 1 saturated heterocycles. The van der Waals surface area contributed by atoms with Gasteiger partial charge in [0.05, 0.1) is 6.54 Å². The van der Waals surface area contributed by atoms with Crippen molar-refractivity contribution >= 4 is 40.1 Å². The summed E-state index contributed by atoms with van der Waals surface area (Å²) in [5.41, 5.74) is -0.816. The molecule has 4 rings (SSSR count). The van der Waals surface area contributed by atoms with Crippen molar-refractivity contribution in [3.8, 4) is 0 Å². The topological polar surface area (TPSA) is 66.5 Å². The molecule has 3 aromatic rings. The number of fused-ring (bicyclic) bond motifs is 1. The third kappa shape index (κ3) is 3.25. The van der Waals surface area contributed by atoms with E-state index in [1.807, 2.05) is 30.3 Å². The summed E-state index contributed by atoms with van der Waals surface area (Å²) in [7, 11) is 0. The first-order valence-corrected chi connectivity index (χ1v) is 9.29. The van der Waals surface area contributed by atoms with Crippen LogP contribution < -0.4 is 5.32 Å². The standard InChI is InChI=1S/C22H16ClFN2O3/c1-22(17-9-8-16(24)11-18(17)23)20(28)26(21(29)25-22)12-19(27)15-7-6-13-4-2-3-5-14(13)10-15/h2-11H,12H2,1H3,(H,25,29). The molecule has 146 valence electrons. The number of rotatable bonds is 4. The molecule has 1 unspecified atom stereocenters. The van der Waals surface area contributed by atoms with Gasteiger partial charge in [0.15, 0.2) is 5.78 Å². The Balaban J connectivity index is 1.61. The normalized spacial score (nSPS) is 18.9. The Bertz CT molecular complexity index is 1180. The predicted octanol–water partition coefficient (Wildman–Crippen LogP) is 4.28. The second-order valence-corrected chi connectivity index (χ2v) is 7.46. The van der Waals surface area contributed by atoms with Crippen molar-refractivity contribution in [1.29, 1.82) is 0 Å². The van der Waals surface area contributed by atoms with Crippen LogP contribution in [-0.4, -0.2) is 29.2 Å². The monoisotopic (exact) mass is 410 g/mol. The Morgan fingerprint density at radius 2 is 1.79 bits per heavy atom. The van der Waals surface area contributed by atoms with Crippen molar-refractivity contribution in [3.05, 3.63) is 82.6 Å². The number of hydrogen-bond donors (Lipinski definition) is 1. The summed E-state index contributed by atoms with van der Waals surface area (Å²) >= 11 is 6.09. The number of urea groups is 1. The Hall–Kier alpha value is -3.25. The van der Waals surface area contributed by atoms with E-state index in [0.717, 1.165) is 27.8 Å². The van der Waals surface area contributed by atoms with Gasteiger partial charge >= 0.3 is 6.03 Å². The number of nitrogens with one attached hydrogen (secondary N) is 1. The van der Waals surface area contributed by atoms with Crippen LogP contribution in [0.4, 0.5) is 9.18 Å². The van der Waals surface area contributed by atoms with Crippen LogP contribution in [0, 0.1) is 5.82 Å². The number of carbonyl (C=O) groups excluding carboxylic acids is 3. The third-order valence-corrected chi connectivity index (χ3v) is 5.43. The second-order valence-electron chi connectivity index (χ2n) is 7.06. The van der Waals surface area contributed by atoms with Crippen molar-refractivity contribution < 1.29 is 18.8 Å². The molecular weight excluding hydrogens is 395 g/mol. The zero-order chi connectivity index (χ0) is 20.8. The lowest BCUT2D eigenvalue weighted by Gasteiger charge is -2.23. The Morgan fingerprint density at radius 3 is 2.52 bits per heavy atom. The van der Waals surface area contributed by atoms with Gasteiger partial charge in [-0.15, -0.1) is 0 Å². The summed E-state index contributed by atoms with van der Waals surface area (Å²) in [6, 6.07) is 15.7. The molecule has 0 spiro atoms. The number of benzene rings is 3. The molecule has 1 fully saturated rings. The number of ketones is 1. The van der Waals surface area contributed by atoms with Crippen molar-refractivity contribution in [3.63, 3.8) is 0 Å². The van der Waals surface area contributed by atoms with Crippen molar-refractivity contribution in [2.45, 2.75) is 12.5 Å². The second kappa shape index (κ2) is 6.97. The molecule has 0 bridgehead atoms. The maximum Gasteiger partial charge on any atom is 0.325 e. The Morgan fingerprint density at radius 1 is 1.07 bits per heavy atom. The van der Waals surface area contributed by atoms with E-state index in [2.05, 4.69) is 5.32 Å². The first-order chi connectivity index (χ1) is 13.8. The number of carbonyl (C=O) groups is 3. The summed E-state index contributed by atoms with van der Waals surface area (Å²) in [4.78, 5) is 39.1. The van der Waals surface area contributed by atoms with Crippen molar-refractivity contribution in [2.24, 2.45) is 0 Å². The number of halogens is 2. The van der Waals surface area contributed by atoms with Crippen LogP contribution in [0.15, 0.2) is 60.7 Å². The molecule has 3 amide bonds. The van der Waals surface area contributed by atoms with Crippen LogP contribution in [0.3, 0.4) is 0 Å². The van der Waals surface area contributed by atoms with Crippen LogP contribution in [0.5, 0.6) is 0 Å². The highest BCUT2D eigenvalue weighted by Crippen LogP contribution is 2.34. The highest BCUT2D eigenvalue weighted by Gasteiger charge is 2.50. The van der Waals surface area contributed by atoms with Crippen molar-refractivity contribution in [2.75, 3.05) is 6.54 Å². The number of Topliss-reactive ketones (excluding diaryl/α,β-unsaturated/α-hetero) is 1. The van der Waals surface area contributed by atoms with Gasteiger partial charge in [0.25, 0.3) is 5.91 Å². The SMILES string of the molecule is CC1(c2ccc(F)cc2Cl)NC(=O)N(CC(=O)c2ccc3ccccc3c2)C1=O. The average Bonchev–Trinajstić information content (AvgIpc) is 2.91. The molecule has 1 N–H and O–H groups in total. The van der Waals surface area contributed by atoms with Gasteiger partial charge < -0.3 is 5.32 Å². The van der Waals surface area contributed by atoms with Gasteiger partial charge in [-0.25, -0.2) is 9.18 Å². The van der Waals surface area contributed by atoms with E-state index >= 15 is 0 Å². The molecule has 29 heavy (non-hydrogen) atoms. The Labute approximate surface area is 171 Å². The lowest BCUT2D eigenvalue weighted by molar-refractivity contribution is -0.130. The number of imide groups is 1. The first-order valence-electron chi connectivity index (χ1n) is 8.91. The number of nitrogens with zero attached hydrogens (tertiary/aromatic N) is 1. The van der Waals surface area contributed by atoms with Crippen molar-refractivity contribution in [1.82, 2.24) is 10.2 Å². The van der Waals surface area contributed by atoms with E-state index in [0.29, 0.717) is 5.56 Å². The molecule has 1 aliphatic rings. The molecule has 0 aliphatic carbocycles. The average molecular weight is 411 g/mol. The fraction of sp³-hybridized carbons (Fsp3) is 0.136. The minimum atomic E-state index is -1.48. The molecule has 7 heteroatoms. The predicted molar refractivity (Wildman–Crippen MR) is 107 cm³/mol. The van der Waals surface area contributed by atoms with E-state index in [1.165, 1.54) is 13.0 Å². The Kier molecular flexibility index (Phi) is 4.59. The highest BCUT2D eigenvalue weighted by atomic mass is 35.5. The lowest BCUT2D eigenvalue weighted by atomic mass is 9.92. The molecule has 1 heterocycles. The lowest BCUT2D eigenvalue weighted by Crippen LogP contribution is -2.41. The summed E-state index contributed by atoms with van der Waals surface area (Å²) in [6.45, 7) is 1.07. The van der Waals surface area contributed by atoms with Gasteiger partial charge in [-0.2, -0.15) is 0 Å². The van der Waals surface area contributed by atoms with Crippen LogP contribution in [0.1, 0.15) is 22.8 Å². The first kappa shape index (κ1) is 19.1. The summed E-state index contributed by atoms with van der Waals surface area (Å²) in [6.07, 6.45) is 0.